The predicted molar refractivity (Wildman–Crippen MR) is 98.1 cm³/mol. The third kappa shape index (κ3) is 2.82. The molecule has 1 aliphatic rings. The Labute approximate surface area is 153 Å². The lowest BCUT2D eigenvalue weighted by atomic mass is 10.0. The molecule has 0 bridgehead atoms. The molecule has 26 heavy (non-hydrogen) atoms. The van der Waals surface area contributed by atoms with Gasteiger partial charge in [0.15, 0.2) is 0 Å². The van der Waals surface area contributed by atoms with Gasteiger partial charge in [-0.05, 0) is 39.2 Å². The fourth-order valence-electron chi connectivity index (χ4n) is 3.45. The largest absolute Gasteiger partial charge is 0.377 e. The molecule has 1 amide bonds. The van der Waals surface area contributed by atoms with Crippen molar-refractivity contribution in [3.05, 3.63) is 29.0 Å². The second kappa shape index (κ2) is 6.01. The summed E-state index contributed by atoms with van der Waals surface area (Å²) in [7, 11) is 0. The van der Waals surface area contributed by atoms with E-state index in [0.29, 0.717) is 24.0 Å². The number of amides is 1. The SMILES string of the molecule is Cc1nnc(-c2cc3c(NC4CCCC4(C)F)c(C(N)=O)cnn3c2)s1. The zero-order chi connectivity index (χ0) is 18.5. The van der Waals surface area contributed by atoms with Gasteiger partial charge < -0.3 is 11.1 Å². The lowest BCUT2D eigenvalue weighted by Gasteiger charge is -2.26. The van der Waals surface area contributed by atoms with Gasteiger partial charge in [0, 0.05) is 11.8 Å². The maximum absolute atomic E-state index is 14.7. The number of anilines is 1. The van der Waals surface area contributed by atoms with Crippen LogP contribution in [0.1, 0.15) is 41.6 Å². The van der Waals surface area contributed by atoms with E-state index in [4.69, 9.17) is 5.73 Å². The Morgan fingerprint density at radius 3 is 2.92 bits per heavy atom. The molecular formula is C17H19FN6OS. The maximum Gasteiger partial charge on any atom is 0.252 e. The van der Waals surface area contributed by atoms with Crippen LogP contribution < -0.4 is 11.1 Å². The van der Waals surface area contributed by atoms with E-state index in [0.717, 1.165) is 22.0 Å². The summed E-state index contributed by atoms with van der Waals surface area (Å²) in [6.45, 7) is 3.48. The second-order valence-corrected chi connectivity index (χ2v) is 8.03. The number of nitrogens with two attached hydrogens (primary N) is 1. The molecule has 0 aliphatic heterocycles. The van der Waals surface area contributed by atoms with Gasteiger partial charge in [0.05, 0.1) is 29.0 Å². The van der Waals surface area contributed by atoms with Crippen LogP contribution in [0.3, 0.4) is 0 Å². The van der Waals surface area contributed by atoms with Crippen LogP contribution in [0.2, 0.25) is 0 Å². The molecule has 4 rings (SSSR count). The third-order valence-electron chi connectivity index (χ3n) is 4.88. The number of nitrogens with one attached hydrogen (secondary N) is 1. The number of carbonyl (C=O) groups excluding carboxylic acids is 1. The monoisotopic (exact) mass is 374 g/mol. The van der Waals surface area contributed by atoms with Gasteiger partial charge in [-0.25, -0.2) is 8.91 Å². The Morgan fingerprint density at radius 1 is 1.50 bits per heavy atom. The number of aryl methyl sites for hydroxylation is 1. The molecule has 7 nitrogen and oxygen atoms in total. The fraction of sp³-hybridized carbons (Fsp3) is 0.412. The number of hydrogen-bond acceptors (Lipinski definition) is 6. The van der Waals surface area contributed by atoms with Gasteiger partial charge >= 0.3 is 0 Å². The highest BCUT2D eigenvalue weighted by Crippen LogP contribution is 2.37. The standard InChI is InChI=1S/C17H19FN6OS/c1-9-22-23-16(26-9)10-6-12-14(21-13-4-3-5-17(13,2)18)11(15(19)25)7-20-24(12)8-10/h6-8,13,21H,3-5H2,1-2H3,(H2,19,25). The number of carbonyl (C=O) groups is 1. The van der Waals surface area contributed by atoms with E-state index in [9.17, 15) is 9.18 Å². The van der Waals surface area contributed by atoms with Crippen molar-refractivity contribution in [2.45, 2.75) is 44.8 Å². The summed E-state index contributed by atoms with van der Waals surface area (Å²) in [6, 6.07) is 1.49. The number of fused-ring (bicyclic) bond motifs is 1. The second-order valence-electron chi connectivity index (χ2n) is 6.85. The molecule has 0 radical (unpaired) electrons. The van der Waals surface area contributed by atoms with Crippen LogP contribution >= 0.6 is 11.3 Å². The highest BCUT2D eigenvalue weighted by Gasteiger charge is 2.39. The first kappa shape index (κ1) is 16.9. The molecule has 3 heterocycles. The number of rotatable bonds is 4. The lowest BCUT2D eigenvalue weighted by molar-refractivity contribution is 0.1000. The summed E-state index contributed by atoms with van der Waals surface area (Å²) in [5.41, 5.74) is 6.45. The van der Waals surface area contributed by atoms with Gasteiger partial charge in [-0.15, -0.1) is 10.2 Å². The number of halogens is 1. The minimum absolute atomic E-state index is 0.248. The predicted octanol–water partition coefficient (Wildman–Crippen LogP) is 2.95. The number of hydrogen-bond donors (Lipinski definition) is 2. The third-order valence-corrected chi connectivity index (χ3v) is 5.77. The smallest absolute Gasteiger partial charge is 0.252 e. The van der Waals surface area contributed by atoms with E-state index in [1.54, 1.807) is 11.4 Å². The molecule has 3 N–H and O–H groups in total. The highest BCUT2D eigenvalue weighted by molar-refractivity contribution is 7.14. The van der Waals surface area contributed by atoms with Crippen molar-refractivity contribution in [1.82, 2.24) is 19.8 Å². The van der Waals surface area contributed by atoms with Crippen LogP contribution in [-0.2, 0) is 0 Å². The van der Waals surface area contributed by atoms with Gasteiger partial charge in [0.1, 0.15) is 15.7 Å². The minimum Gasteiger partial charge on any atom is -0.377 e. The molecule has 0 saturated heterocycles. The molecule has 9 heteroatoms. The Morgan fingerprint density at radius 2 is 2.31 bits per heavy atom. The zero-order valence-electron chi connectivity index (χ0n) is 14.5. The van der Waals surface area contributed by atoms with Crippen LogP contribution in [0.15, 0.2) is 18.5 Å². The fourth-order valence-corrected chi connectivity index (χ4v) is 4.12. The summed E-state index contributed by atoms with van der Waals surface area (Å²) in [5, 5.41) is 17.3. The first-order valence-electron chi connectivity index (χ1n) is 8.42. The molecule has 1 fully saturated rings. The van der Waals surface area contributed by atoms with Crippen molar-refractivity contribution in [2.24, 2.45) is 5.73 Å². The lowest BCUT2D eigenvalue weighted by Crippen LogP contribution is -2.36. The van der Waals surface area contributed by atoms with E-state index < -0.39 is 11.6 Å². The number of aromatic nitrogens is 4. The van der Waals surface area contributed by atoms with Crippen LogP contribution in [0.4, 0.5) is 10.1 Å². The van der Waals surface area contributed by atoms with Gasteiger partial charge in [-0.3, -0.25) is 4.79 Å². The van der Waals surface area contributed by atoms with Crippen molar-refractivity contribution < 1.29 is 9.18 Å². The average molecular weight is 374 g/mol. The van der Waals surface area contributed by atoms with Crippen molar-refractivity contribution in [3.8, 4) is 10.6 Å². The molecule has 1 saturated carbocycles. The summed E-state index contributed by atoms with van der Waals surface area (Å²) < 4.78 is 16.4. The molecule has 2 atom stereocenters. The quantitative estimate of drug-likeness (QED) is 0.732. The van der Waals surface area contributed by atoms with Gasteiger partial charge in [-0.2, -0.15) is 5.10 Å². The number of nitrogens with zero attached hydrogens (tertiary/aromatic N) is 4. The zero-order valence-corrected chi connectivity index (χ0v) is 15.3. The van der Waals surface area contributed by atoms with E-state index in [1.807, 2.05) is 19.2 Å². The van der Waals surface area contributed by atoms with Crippen molar-refractivity contribution in [3.63, 3.8) is 0 Å². The first-order chi connectivity index (χ1) is 12.3. The molecule has 3 aromatic rings. The van der Waals surface area contributed by atoms with Crippen LogP contribution in [-0.4, -0.2) is 37.4 Å². The molecular weight excluding hydrogens is 355 g/mol. The Balaban J connectivity index is 1.83. The Bertz CT molecular complexity index is 994. The molecule has 3 aromatic heterocycles. The van der Waals surface area contributed by atoms with E-state index in [2.05, 4.69) is 20.6 Å². The average Bonchev–Trinajstić information content (AvgIpc) is 3.26. The van der Waals surface area contributed by atoms with Crippen molar-refractivity contribution >= 4 is 28.4 Å². The molecule has 136 valence electrons. The summed E-state index contributed by atoms with van der Waals surface area (Å²) in [5.74, 6) is -0.601. The maximum atomic E-state index is 14.7. The van der Waals surface area contributed by atoms with Gasteiger partial charge in [0.2, 0.25) is 0 Å². The Kier molecular flexibility index (Phi) is 3.91. The molecule has 1 aliphatic carbocycles. The number of alkyl halides is 1. The normalized spacial score (nSPS) is 22.8. The van der Waals surface area contributed by atoms with Crippen LogP contribution in [0, 0.1) is 6.92 Å². The topological polar surface area (TPSA) is 98.2 Å². The van der Waals surface area contributed by atoms with E-state index >= 15 is 0 Å². The Hall–Kier alpha value is -2.55. The minimum atomic E-state index is -1.33. The molecule has 2 unspecified atom stereocenters. The summed E-state index contributed by atoms with van der Waals surface area (Å²) >= 11 is 1.47. The van der Waals surface area contributed by atoms with E-state index in [1.165, 1.54) is 17.5 Å². The highest BCUT2D eigenvalue weighted by atomic mass is 32.1. The van der Waals surface area contributed by atoms with Crippen LogP contribution in [0.25, 0.3) is 16.1 Å². The molecule has 0 spiro atoms. The van der Waals surface area contributed by atoms with Crippen molar-refractivity contribution in [2.75, 3.05) is 5.32 Å². The number of primary amides is 1. The van der Waals surface area contributed by atoms with Crippen molar-refractivity contribution in [1.29, 1.82) is 0 Å². The van der Waals surface area contributed by atoms with E-state index in [-0.39, 0.29) is 11.6 Å². The first-order valence-corrected chi connectivity index (χ1v) is 9.24. The summed E-state index contributed by atoms with van der Waals surface area (Å²) in [4.78, 5) is 11.9. The molecule has 0 aromatic carbocycles. The van der Waals surface area contributed by atoms with Gasteiger partial charge in [-0.1, -0.05) is 11.3 Å². The van der Waals surface area contributed by atoms with Crippen LogP contribution in [0.5, 0.6) is 0 Å². The summed E-state index contributed by atoms with van der Waals surface area (Å²) in [6.07, 6.45) is 5.22. The van der Waals surface area contributed by atoms with Gasteiger partial charge in [0.25, 0.3) is 5.91 Å².